The van der Waals surface area contributed by atoms with Gasteiger partial charge in [0.15, 0.2) is 0 Å². The Bertz CT molecular complexity index is 198. The number of hydrogen-bond acceptors (Lipinski definition) is 7. The van der Waals surface area contributed by atoms with E-state index in [1.165, 1.54) is 0 Å². The second-order valence-corrected chi connectivity index (χ2v) is 1.86. The van der Waals surface area contributed by atoms with E-state index in [4.69, 9.17) is 33.4 Å². The second-order valence-electron chi connectivity index (χ2n) is 0.859. The SMILES string of the molecule is O=C(O)OO.O=S(=O)(O)OO.[KH].[NaH]. The molecule has 0 spiro atoms. The molecule has 0 aromatic rings. The number of carbonyl (C=O) groups is 1. The molecule has 0 amide bonds. The van der Waals surface area contributed by atoms with Crippen LogP contribution < -0.4 is 0 Å². The van der Waals surface area contributed by atoms with Gasteiger partial charge in [-0.15, -0.1) is 0 Å². The van der Waals surface area contributed by atoms with Gasteiger partial charge in [-0.3, -0.25) is 9.44 Å². The van der Waals surface area contributed by atoms with Crippen LogP contribution in [0.15, 0.2) is 0 Å². The van der Waals surface area contributed by atoms with Crippen molar-refractivity contribution in [3.05, 3.63) is 0 Å². The molecule has 12 heteroatoms. The van der Waals surface area contributed by atoms with Crippen molar-refractivity contribution in [1.82, 2.24) is 0 Å². The molecule has 0 aromatic carbocycles. The Labute approximate surface area is 138 Å². The summed E-state index contributed by atoms with van der Waals surface area (Å²) in [7, 11) is -4.61. The predicted molar refractivity (Wildman–Crippen MR) is 41.3 cm³/mol. The normalized spacial score (nSPS) is 7.92. The molecule has 0 unspecified atom stereocenters. The Morgan fingerprint density at radius 3 is 1.38 bits per heavy atom. The molecule has 0 saturated heterocycles. The monoisotopic (exact) mass is 256 g/mol. The fourth-order valence-corrected chi connectivity index (χ4v) is 0. The standard InChI is InChI=1S/CH2O4.K.Na.H2O5S.2H/c2-1(3)5-4;;;1-5-6(2,3)4;;/h4H,(H,2,3);;;1H,(H,2,3,4);;. The van der Waals surface area contributed by atoms with Crippen LogP contribution in [-0.2, 0) is 19.6 Å². The van der Waals surface area contributed by atoms with Crippen molar-refractivity contribution in [2.45, 2.75) is 0 Å². The van der Waals surface area contributed by atoms with Crippen LogP contribution in [0.2, 0.25) is 0 Å². The van der Waals surface area contributed by atoms with Crippen LogP contribution in [0.5, 0.6) is 0 Å². The molecule has 0 rings (SSSR count). The summed E-state index contributed by atoms with van der Waals surface area (Å²) in [5, 5.41) is 21.4. The van der Waals surface area contributed by atoms with Gasteiger partial charge in [-0.25, -0.2) is 10.1 Å². The van der Waals surface area contributed by atoms with Gasteiger partial charge in [0.05, 0.1) is 0 Å². The van der Waals surface area contributed by atoms with Gasteiger partial charge in [0.25, 0.3) is 0 Å². The average Bonchev–Trinajstić information content (AvgIpc) is 1.88. The van der Waals surface area contributed by atoms with Crippen molar-refractivity contribution in [3.8, 4) is 0 Å². The van der Waals surface area contributed by atoms with Crippen LogP contribution in [-0.4, -0.2) is 116 Å². The molecule has 0 fully saturated rings. The molecular formula is CH6KNaO9S. The van der Waals surface area contributed by atoms with Crippen molar-refractivity contribution in [2.75, 3.05) is 0 Å². The first-order valence-electron chi connectivity index (χ1n) is 1.68. The van der Waals surface area contributed by atoms with Crippen LogP contribution in [0.25, 0.3) is 0 Å². The Morgan fingerprint density at radius 2 is 1.38 bits per heavy atom. The molecular weight excluding hydrogens is 250 g/mol. The predicted octanol–water partition coefficient (Wildman–Crippen LogP) is -1.86. The van der Waals surface area contributed by atoms with E-state index >= 15 is 0 Å². The summed E-state index contributed by atoms with van der Waals surface area (Å²) in [5.41, 5.74) is 0. The van der Waals surface area contributed by atoms with Gasteiger partial charge in [-0.1, -0.05) is 4.33 Å². The molecule has 0 aliphatic heterocycles. The zero-order valence-corrected chi connectivity index (χ0v) is 5.55. The van der Waals surface area contributed by atoms with Crippen LogP contribution in [0.1, 0.15) is 0 Å². The summed E-state index contributed by atoms with van der Waals surface area (Å²) in [6.45, 7) is 0. The number of carboxylic acid groups (broad SMARTS) is 1. The fourth-order valence-electron chi connectivity index (χ4n) is 0. The molecule has 13 heavy (non-hydrogen) atoms. The average molecular weight is 256 g/mol. The molecule has 0 radical (unpaired) electrons. The Morgan fingerprint density at radius 1 is 1.23 bits per heavy atom. The molecule has 0 atom stereocenters. The summed E-state index contributed by atoms with van der Waals surface area (Å²) >= 11 is 0. The Kier molecular flexibility index (Phi) is 25.4. The van der Waals surface area contributed by atoms with E-state index in [1.54, 1.807) is 0 Å². The van der Waals surface area contributed by atoms with Crippen molar-refractivity contribution in [1.29, 1.82) is 0 Å². The first-order valence-corrected chi connectivity index (χ1v) is 3.04. The topological polar surface area (TPSA) is 151 Å². The van der Waals surface area contributed by atoms with Gasteiger partial charge < -0.3 is 5.11 Å². The second kappa shape index (κ2) is 13.7. The van der Waals surface area contributed by atoms with Crippen molar-refractivity contribution in [3.63, 3.8) is 0 Å². The zero-order chi connectivity index (χ0) is 9.49. The summed E-state index contributed by atoms with van der Waals surface area (Å²) in [6.07, 6.45) is -1.69. The minimum atomic E-state index is -4.61. The van der Waals surface area contributed by atoms with Crippen molar-refractivity contribution in [2.24, 2.45) is 0 Å². The third-order valence-corrected chi connectivity index (χ3v) is 0.361. The van der Waals surface area contributed by atoms with E-state index in [0.717, 1.165) is 0 Å². The summed E-state index contributed by atoms with van der Waals surface area (Å²) in [4.78, 5) is 11.6. The minimum absolute atomic E-state index is 0. The quantitative estimate of drug-likeness (QED) is 0.183. The van der Waals surface area contributed by atoms with E-state index in [1.807, 2.05) is 0 Å². The van der Waals surface area contributed by atoms with E-state index in [0.29, 0.717) is 0 Å². The molecule has 9 nitrogen and oxygen atoms in total. The molecule has 0 bridgehead atoms. The molecule has 0 aromatic heterocycles. The van der Waals surface area contributed by atoms with Gasteiger partial charge in [0.1, 0.15) is 0 Å². The van der Waals surface area contributed by atoms with Crippen LogP contribution in [0.3, 0.4) is 0 Å². The summed E-state index contributed by atoms with van der Waals surface area (Å²) in [5.74, 6) is 0. The summed E-state index contributed by atoms with van der Waals surface area (Å²) < 4.78 is 28.0. The first-order chi connectivity index (χ1) is 4.83. The van der Waals surface area contributed by atoms with Gasteiger partial charge in [-0.05, 0) is 0 Å². The maximum atomic E-state index is 9.08. The molecule has 0 aliphatic rings. The Balaban J connectivity index is -0.0000000546. The number of hydrogen-bond donors (Lipinski definition) is 4. The summed E-state index contributed by atoms with van der Waals surface area (Å²) in [6, 6.07) is 0. The molecule has 72 valence electrons. The third kappa shape index (κ3) is 41.8. The van der Waals surface area contributed by atoms with Gasteiger partial charge in [-0.2, -0.15) is 13.7 Å². The Hall–Kier alpha value is 1.70. The first kappa shape index (κ1) is 24.1. The van der Waals surface area contributed by atoms with Crippen molar-refractivity contribution < 1.29 is 42.6 Å². The molecule has 0 saturated carbocycles. The van der Waals surface area contributed by atoms with E-state index in [2.05, 4.69) is 9.22 Å². The molecule has 4 N–H and O–H groups in total. The fraction of sp³-hybridized carbons (Fsp3) is 0. The maximum absolute atomic E-state index is 9.08. The number of rotatable bonds is 1. The molecule has 0 heterocycles. The van der Waals surface area contributed by atoms with E-state index in [-0.39, 0.29) is 80.9 Å². The third-order valence-electron chi connectivity index (χ3n) is 0.172. The van der Waals surface area contributed by atoms with Crippen LogP contribution in [0.4, 0.5) is 4.79 Å². The van der Waals surface area contributed by atoms with Gasteiger partial charge >= 0.3 is 97.5 Å². The van der Waals surface area contributed by atoms with E-state index < -0.39 is 16.6 Å². The van der Waals surface area contributed by atoms with Crippen LogP contribution in [0, 0.1) is 0 Å². The zero-order valence-electron chi connectivity index (χ0n) is 4.74. The van der Waals surface area contributed by atoms with E-state index in [9.17, 15) is 0 Å². The van der Waals surface area contributed by atoms with Crippen molar-refractivity contribution >= 4 is 97.5 Å². The molecule has 0 aliphatic carbocycles. The van der Waals surface area contributed by atoms with Crippen LogP contribution >= 0.6 is 0 Å². The van der Waals surface area contributed by atoms with Gasteiger partial charge in [0.2, 0.25) is 0 Å². The van der Waals surface area contributed by atoms with Gasteiger partial charge in [0, 0.05) is 0 Å².